The van der Waals surface area contributed by atoms with E-state index in [4.69, 9.17) is 4.74 Å². The molecule has 8 nitrogen and oxygen atoms in total. The van der Waals surface area contributed by atoms with E-state index in [2.05, 4.69) is 0 Å². The summed E-state index contributed by atoms with van der Waals surface area (Å²) in [7, 11) is 0. The number of amides is 3. The molecular formula is C29H26N2O6. The van der Waals surface area contributed by atoms with Crippen molar-refractivity contribution in [3.8, 4) is 11.1 Å². The van der Waals surface area contributed by atoms with E-state index in [1.807, 2.05) is 54.6 Å². The summed E-state index contributed by atoms with van der Waals surface area (Å²) in [6, 6.07) is 24.1. The van der Waals surface area contributed by atoms with Gasteiger partial charge in [-0.2, -0.15) is 0 Å². The van der Waals surface area contributed by atoms with E-state index < -0.39 is 41.4 Å². The first-order chi connectivity index (χ1) is 18.0. The summed E-state index contributed by atoms with van der Waals surface area (Å²) < 4.78 is 5.55. The van der Waals surface area contributed by atoms with Gasteiger partial charge in [-0.1, -0.05) is 66.7 Å². The van der Waals surface area contributed by atoms with Gasteiger partial charge < -0.3 is 4.74 Å². The minimum atomic E-state index is -0.928. The van der Waals surface area contributed by atoms with Crippen molar-refractivity contribution in [1.82, 2.24) is 10.4 Å². The van der Waals surface area contributed by atoms with Crippen molar-refractivity contribution in [2.24, 2.45) is 17.8 Å². The fourth-order valence-corrected chi connectivity index (χ4v) is 5.35. The molecule has 2 N–H and O–H groups in total. The molecule has 1 fully saturated rings. The zero-order valence-electron chi connectivity index (χ0n) is 20.0. The van der Waals surface area contributed by atoms with E-state index in [0.29, 0.717) is 24.0 Å². The fraction of sp³-hybridized carbons (Fsp3) is 0.241. The molecule has 1 aliphatic heterocycles. The molecule has 0 spiro atoms. The molecule has 0 bridgehead atoms. The fourth-order valence-electron chi connectivity index (χ4n) is 5.35. The molecule has 1 heterocycles. The number of imide groups is 1. The number of hydroxylamine groups is 1. The number of benzene rings is 3. The molecule has 37 heavy (non-hydrogen) atoms. The molecule has 1 saturated carbocycles. The van der Waals surface area contributed by atoms with E-state index >= 15 is 0 Å². The van der Waals surface area contributed by atoms with Gasteiger partial charge in [-0.3, -0.25) is 29.3 Å². The van der Waals surface area contributed by atoms with Crippen LogP contribution in [0, 0.1) is 17.8 Å². The van der Waals surface area contributed by atoms with Crippen LogP contribution >= 0.6 is 0 Å². The SMILES string of the molecule is O=C(NO)[C@@H]1[C@H](CN2C(=O)c3ccccc3C2=O)CC[C@@H]1C(=O)OCc1ccc(-c2ccccc2)cc1. The van der Waals surface area contributed by atoms with Crippen LogP contribution in [0.2, 0.25) is 0 Å². The Balaban J connectivity index is 1.24. The van der Waals surface area contributed by atoms with E-state index in [1.165, 1.54) is 0 Å². The highest BCUT2D eigenvalue weighted by Crippen LogP contribution is 2.40. The molecule has 3 atom stereocenters. The first-order valence-electron chi connectivity index (χ1n) is 12.2. The van der Waals surface area contributed by atoms with Gasteiger partial charge in [0.25, 0.3) is 11.8 Å². The molecule has 3 aromatic carbocycles. The number of esters is 1. The van der Waals surface area contributed by atoms with Crippen LogP contribution < -0.4 is 5.48 Å². The first kappa shape index (κ1) is 24.4. The van der Waals surface area contributed by atoms with E-state index in [-0.39, 0.29) is 13.2 Å². The quantitative estimate of drug-likeness (QED) is 0.222. The van der Waals surface area contributed by atoms with Gasteiger partial charge in [0.2, 0.25) is 5.91 Å². The number of nitrogens with zero attached hydrogens (tertiary/aromatic N) is 1. The van der Waals surface area contributed by atoms with Gasteiger partial charge >= 0.3 is 5.97 Å². The number of ether oxygens (including phenoxy) is 1. The van der Waals surface area contributed by atoms with Crippen molar-refractivity contribution in [1.29, 1.82) is 0 Å². The number of hydrogen-bond donors (Lipinski definition) is 2. The van der Waals surface area contributed by atoms with E-state index in [1.54, 1.807) is 29.7 Å². The van der Waals surface area contributed by atoms with Crippen molar-refractivity contribution in [2.45, 2.75) is 19.4 Å². The average molecular weight is 499 g/mol. The molecule has 5 rings (SSSR count). The third-order valence-corrected chi connectivity index (χ3v) is 7.24. The zero-order valence-corrected chi connectivity index (χ0v) is 20.0. The number of carbonyl (C=O) groups excluding carboxylic acids is 4. The van der Waals surface area contributed by atoms with Crippen LogP contribution in [0.15, 0.2) is 78.9 Å². The second-order valence-electron chi connectivity index (χ2n) is 9.38. The van der Waals surface area contributed by atoms with Crippen molar-refractivity contribution in [2.75, 3.05) is 6.54 Å². The highest BCUT2D eigenvalue weighted by Gasteiger charge is 2.48. The molecule has 188 valence electrons. The van der Waals surface area contributed by atoms with Crippen LogP contribution in [0.1, 0.15) is 39.1 Å². The monoisotopic (exact) mass is 498 g/mol. The largest absolute Gasteiger partial charge is 0.461 e. The highest BCUT2D eigenvalue weighted by atomic mass is 16.5. The predicted molar refractivity (Wildman–Crippen MR) is 133 cm³/mol. The lowest BCUT2D eigenvalue weighted by molar-refractivity contribution is -0.155. The third kappa shape index (κ3) is 4.75. The maximum Gasteiger partial charge on any atom is 0.310 e. The topological polar surface area (TPSA) is 113 Å². The summed E-state index contributed by atoms with van der Waals surface area (Å²) >= 11 is 0. The number of fused-ring (bicyclic) bond motifs is 1. The summed E-state index contributed by atoms with van der Waals surface area (Å²) in [4.78, 5) is 52.3. The van der Waals surface area contributed by atoms with Crippen LogP contribution in [0.3, 0.4) is 0 Å². The van der Waals surface area contributed by atoms with Gasteiger partial charge in [-0.25, -0.2) is 5.48 Å². The molecule has 3 aromatic rings. The van der Waals surface area contributed by atoms with E-state index in [9.17, 15) is 24.4 Å². The Morgan fingerprint density at radius 3 is 2.05 bits per heavy atom. The van der Waals surface area contributed by atoms with Crippen LogP contribution in [-0.4, -0.2) is 40.3 Å². The number of rotatable bonds is 7. The molecule has 0 unspecified atom stereocenters. The number of nitrogens with one attached hydrogen (secondary N) is 1. The Morgan fingerprint density at radius 1 is 0.838 bits per heavy atom. The number of hydrogen-bond acceptors (Lipinski definition) is 6. The first-order valence-corrected chi connectivity index (χ1v) is 12.2. The van der Waals surface area contributed by atoms with Crippen LogP contribution in [0.4, 0.5) is 0 Å². The molecule has 2 aliphatic rings. The smallest absolute Gasteiger partial charge is 0.310 e. The molecular weight excluding hydrogens is 472 g/mol. The van der Waals surface area contributed by atoms with Crippen molar-refractivity contribution in [3.05, 3.63) is 95.6 Å². The van der Waals surface area contributed by atoms with Crippen molar-refractivity contribution >= 4 is 23.7 Å². The Morgan fingerprint density at radius 2 is 1.43 bits per heavy atom. The predicted octanol–water partition coefficient (Wildman–Crippen LogP) is 3.84. The Hall–Kier alpha value is -4.30. The van der Waals surface area contributed by atoms with Crippen LogP contribution in [-0.2, 0) is 20.9 Å². The lowest BCUT2D eigenvalue weighted by Gasteiger charge is -2.25. The zero-order chi connectivity index (χ0) is 25.9. The summed E-state index contributed by atoms with van der Waals surface area (Å²) in [6.45, 7) is 0.0239. The van der Waals surface area contributed by atoms with Gasteiger partial charge in [-0.15, -0.1) is 0 Å². The maximum absolute atomic E-state index is 13.0. The minimum absolute atomic E-state index is 0.0187. The second-order valence-corrected chi connectivity index (χ2v) is 9.38. The van der Waals surface area contributed by atoms with Gasteiger partial charge in [0.05, 0.1) is 23.0 Å². The van der Waals surface area contributed by atoms with Gasteiger partial charge in [0.1, 0.15) is 6.61 Å². The molecule has 0 aromatic heterocycles. The van der Waals surface area contributed by atoms with Gasteiger partial charge in [0.15, 0.2) is 0 Å². The molecule has 3 amide bonds. The normalized spacial score (nSPS) is 20.6. The lowest BCUT2D eigenvalue weighted by atomic mass is 9.88. The molecule has 8 heteroatoms. The maximum atomic E-state index is 13.0. The van der Waals surface area contributed by atoms with Crippen molar-refractivity contribution in [3.63, 3.8) is 0 Å². The second kappa shape index (κ2) is 10.4. The number of carbonyl (C=O) groups is 4. The molecule has 0 saturated heterocycles. The summed E-state index contributed by atoms with van der Waals surface area (Å²) in [6.07, 6.45) is 0.773. The average Bonchev–Trinajstić information content (AvgIpc) is 3.47. The van der Waals surface area contributed by atoms with Crippen molar-refractivity contribution < 1.29 is 29.1 Å². The summed E-state index contributed by atoms with van der Waals surface area (Å²) in [5, 5.41) is 9.35. The molecule has 1 aliphatic carbocycles. The van der Waals surface area contributed by atoms with Crippen LogP contribution in [0.5, 0.6) is 0 Å². The van der Waals surface area contributed by atoms with E-state index in [0.717, 1.165) is 21.6 Å². The highest BCUT2D eigenvalue weighted by molar-refractivity contribution is 6.21. The van der Waals surface area contributed by atoms with Crippen LogP contribution in [0.25, 0.3) is 11.1 Å². The van der Waals surface area contributed by atoms with Gasteiger partial charge in [0, 0.05) is 6.54 Å². The summed E-state index contributed by atoms with van der Waals surface area (Å²) in [5.74, 6) is -4.34. The minimum Gasteiger partial charge on any atom is -0.461 e. The molecule has 0 radical (unpaired) electrons. The Labute approximate surface area is 213 Å². The standard InChI is InChI=1S/C29H26N2O6/c32-26(30-36)25-21(16-31-27(33)22-8-4-5-9-23(22)28(31)34)14-15-24(25)29(35)37-17-18-10-12-20(13-11-18)19-6-2-1-3-7-19/h1-13,21,24-25,36H,14-17H2,(H,30,32)/t21-,24-,25+/m0/s1. The Bertz CT molecular complexity index is 1300. The van der Waals surface area contributed by atoms with Gasteiger partial charge in [-0.05, 0) is 47.6 Å². The third-order valence-electron chi connectivity index (χ3n) is 7.24. The Kier molecular flexibility index (Phi) is 6.83. The lowest BCUT2D eigenvalue weighted by Crippen LogP contribution is -2.42. The summed E-state index contributed by atoms with van der Waals surface area (Å²) in [5.41, 5.74) is 5.22.